The Morgan fingerprint density at radius 3 is 2.63 bits per heavy atom. The van der Waals surface area contributed by atoms with E-state index in [2.05, 4.69) is 34.3 Å². The van der Waals surface area contributed by atoms with Crippen LogP contribution < -0.4 is 21.5 Å². The number of carbonyl (C=O) groups is 2. The molecular formula is C51H60N4O6S2. The number of fused-ring (bicyclic) bond motifs is 7. The zero-order valence-corrected chi connectivity index (χ0v) is 37.7. The molecule has 0 radical (unpaired) electrons. The number of phenolic OH excluding ortho intramolecular Hbond substituents is 2. The molecule has 3 aromatic carbocycles. The number of phenols is 2. The molecule has 0 amide bonds. The molecule has 12 heteroatoms. The van der Waals surface area contributed by atoms with Gasteiger partial charge in [0.1, 0.15) is 5.75 Å². The van der Waals surface area contributed by atoms with E-state index in [0.717, 1.165) is 84.3 Å². The molecule has 1 aromatic heterocycles. The van der Waals surface area contributed by atoms with Crippen molar-refractivity contribution in [2.45, 2.75) is 101 Å². The highest BCUT2D eigenvalue weighted by atomic mass is 33.1. The molecule has 3 aliphatic carbocycles. The van der Waals surface area contributed by atoms with Crippen molar-refractivity contribution in [3.05, 3.63) is 123 Å². The minimum absolute atomic E-state index is 0.0136. The molecule has 4 aliphatic rings. The summed E-state index contributed by atoms with van der Waals surface area (Å²) in [6.45, 7) is 1.21. The number of Topliss-reactive ketones (excluding diaryl/α,β-unsaturated/α-hetero) is 1. The average Bonchev–Trinajstić information content (AvgIpc) is 3.83. The van der Waals surface area contributed by atoms with Crippen LogP contribution in [0.2, 0.25) is 0 Å². The number of aliphatic hydroxyl groups is 1. The van der Waals surface area contributed by atoms with Gasteiger partial charge in [-0.15, -0.1) is 0 Å². The summed E-state index contributed by atoms with van der Waals surface area (Å²) in [5.41, 5.74) is 19.4. The Bertz CT molecular complexity index is 2420. The van der Waals surface area contributed by atoms with E-state index in [1.54, 1.807) is 58.1 Å². The maximum Gasteiger partial charge on any atom is 0.165 e. The quantitative estimate of drug-likeness (QED) is 0.0429. The van der Waals surface area contributed by atoms with Gasteiger partial charge in [-0.3, -0.25) is 9.59 Å². The summed E-state index contributed by atoms with van der Waals surface area (Å²) in [5, 5.41) is 37.6. The van der Waals surface area contributed by atoms with Gasteiger partial charge in [-0.05, 0) is 134 Å². The number of allylic oxidation sites excluding steroid dienone is 2. The summed E-state index contributed by atoms with van der Waals surface area (Å²) in [4.78, 5) is 30.9. The van der Waals surface area contributed by atoms with Crippen molar-refractivity contribution in [2.75, 3.05) is 26.0 Å². The number of H-pyrrole nitrogens is 1. The fourth-order valence-corrected chi connectivity index (χ4v) is 13.4. The largest absolute Gasteiger partial charge is 0.508 e. The second kappa shape index (κ2) is 19.7. The summed E-state index contributed by atoms with van der Waals surface area (Å²) in [6.07, 6.45) is 12.9. The van der Waals surface area contributed by atoms with Crippen molar-refractivity contribution in [3.63, 3.8) is 0 Å². The van der Waals surface area contributed by atoms with Gasteiger partial charge in [0.05, 0.1) is 25.3 Å². The zero-order chi connectivity index (χ0) is 44.1. The van der Waals surface area contributed by atoms with Crippen molar-refractivity contribution in [3.8, 4) is 29.1 Å². The highest BCUT2D eigenvalue weighted by Crippen LogP contribution is 2.64. The molecule has 5 unspecified atom stereocenters. The summed E-state index contributed by atoms with van der Waals surface area (Å²) in [5.74, 6) is 8.25. The standard InChI is InChI=1S/C51H60N4O6S2/c1-54-20-3-2-6-36-14-18-51-30-50(36,28-48(51)60)19-15-37(56)11-8-32-10-13-45(58)47(24-32)61-22-17-33-9-12-44(57)42(23-33)41-27-46(59)38-16-21-55-43(38)7-4-5-34-25-40(49(52)53)35(26-39(34)41)29-62-63-31-51/h9-10,12-13,15-16,19,21,23-26,36,41,48-49,54-55,57-58,60H,2-3,6-8,11,14,17-18,20,22,27-31,52-53H2,1H3. The third kappa shape index (κ3) is 9.95. The normalized spacial score (nSPS) is 25.3. The fraction of sp³-hybridized carbons (Fsp3) is 0.451. The second-order valence-corrected chi connectivity index (χ2v) is 20.6. The number of nitrogens with one attached hydrogen (secondary N) is 2. The number of aromatic amines is 1. The lowest BCUT2D eigenvalue weighted by Gasteiger charge is -2.44. The lowest BCUT2D eigenvalue weighted by atomic mass is 9.62. The van der Waals surface area contributed by atoms with Crippen LogP contribution in [0.3, 0.4) is 0 Å². The predicted octanol–water partition coefficient (Wildman–Crippen LogP) is 8.16. The molecule has 9 N–H and O–H groups in total. The molecule has 8 bridgehead atoms. The number of aryl methyl sites for hydroxylation is 1. The van der Waals surface area contributed by atoms with E-state index in [4.69, 9.17) is 16.2 Å². The van der Waals surface area contributed by atoms with Gasteiger partial charge in [0.15, 0.2) is 23.1 Å². The van der Waals surface area contributed by atoms with Crippen LogP contribution in [0.4, 0.5) is 0 Å². The van der Waals surface area contributed by atoms with E-state index >= 15 is 0 Å². The molecule has 2 saturated carbocycles. The Morgan fingerprint density at radius 1 is 0.984 bits per heavy atom. The maximum absolute atomic E-state index is 14.2. The Labute approximate surface area is 378 Å². The molecule has 4 aromatic rings. The third-order valence-corrected chi connectivity index (χ3v) is 16.6. The van der Waals surface area contributed by atoms with E-state index in [9.17, 15) is 24.9 Å². The fourth-order valence-electron chi connectivity index (χ4n) is 10.6. The maximum atomic E-state index is 14.2. The molecule has 10 nitrogen and oxygen atoms in total. The van der Waals surface area contributed by atoms with Gasteiger partial charge in [0, 0.05) is 70.7 Å². The number of aromatic nitrogens is 1. The van der Waals surface area contributed by atoms with Crippen LogP contribution in [0.15, 0.2) is 72.9 Å². The van der Waals surface area contributed by atoms with Gasteiger partial charge < -0.3 is 41.8 Å². The highest BCUT2D eigenvalue weighted by molar-refractivity contribution is 8.76. The minimum Gasteiger partial charge on any atom is -0.508 e. The number of nitrogens with two attached hydrogens (primary N) is 2. The molecule has 1 aliphatic heterocycles. The smallest absolute Gasteiger partial charge is 0.165 e. The predicted molar refractivity (Wildman–Crippen MR) is 252 cm³/mol. The molecule has 2 fully saturated rings. The van der Waals surface area contributed by atoms with Crippen LogP contribution in [0, 0.1) is 28.6 Å². The van der Waals surface area contributed by atoms with Crippen molar-refractivity contribution >= 4 is 33.2 Å². The number of benzene rings is 3. The topological polar surface area (TPSA) is 184 Å². The highest BCUT2D eigenvalue weighted by Gasteiger charge is 2.58. The lowest BCUT2D eigenvalue weighted by Crippen LogP contribution is -2.38. The molecular weight excluding hydrogens is 829 g/mol. The van der Waals surface area contributed by atoms with Crippen molar-refractivity contribution < 1.29 is 29.6 Å². The first-order chi connectivity index (χ1) is 30.5. The number of hydrogen-bond donors (Lipinski definition) is 7. The van der Waals surface area contributed by atoms with Gasteiger partial charge in [0.25, 0.3) is 0 Å². The SMILES string of the molecule is CNCCCCC1CCC23CSSCc4cc5c(cc4C(N)N)C#CCc4[nH]ccc4C(=O)CC5c4cc(ccc4O)CCOc4cc(ccc4O)CCC(=O)C=CC1(CC2O)C3. The lowest BCUT2D eigenvalue weighted by molar-refractivity contribution is -0.114. The summed E-state index contributed by atoms with van der Waals surface area (Å²) < 4.78 is 6.15. The second-order valence-electron chi connectivity index (χ2n) is 18.1. The van der Waals surface area contributed by atoms with Crippen LogP contribution in [0.5, 0.6) is 17.2 Å². The van der Waals surface area contributed by atoms with Crippen LogP contribution >= 0.6 is 21.6 Å². The number of rotatable bonds is 6. The number of aromatic hydroxyl groups is 2. The summed E-state index contributed by atoms with van der Waals surface area (Å²) in [7, 11) is 5.45. The molecule has 8 rings (SSSR count). The number of carbonyl (C=O) groups excluding carboxylic acids is 2. The van der Waals surface area contributed by atoms with Gasteiger partial charge in [-0.1, -0.05) is 70.2 Å². The molecule has 5 atom stereocenters. The minimum atomic E-state index is -0.773. The Balaban J connectivity index is 1.17. The first kappa shape index (κ1) is 45.1. The van der Waals surface area contributed by atoms with E-state index in [1.807, 2.05) is 31.3 Å². The van der Waals surface area contributed by atoms with E-state index < -0.39 is 18.2 Å². The first-order valence-electron chi connectivity index (χ1n) is 22.4. The monoisotopic (exact) mass is 888 g/mol. The van der Waals surface area contributed by atoms with Crippen LogP contribution in [-0.2, 0) is 29.8 Å². The van der Waals surface area contributed by atoms with Gasteiger partial charge in [0.2, 0.25) is 0 Å². The summed E-state index contributed by atoms with van der Waals surface area (Å²) in [6, 6.07) is 16.5. The molecule has 2 heterocycles. The number of unbranched alkanes of at least 4 members (excludes halogenated alkanes) is 1. The number of aliphatic hydroxyl groups excluding tert-OH is 1. The summed E-state index contributed by atoms with van der Waals surface area (Å²) >= 11 is 0. The Hall–Kier alpha value is -4.48. The third-order valence-electron chi connectivity index (χ3n) is 14.1. The zero-order valence-electron chi connectivity index (χ0n) is 36.1. The van der Waals surface area contributed by atoms with Crippen LogP contribution in [0.1, 0.15) is 125 Å². The molecule has 332 valence electrons. The number of ketones is 2. The Morgan fingerprint density at radius 2 is 1.81 bits per heavy atom. The molecule has 0 spiro atoms. The van der Waals surface area contributed by atoms with Crippen molar-refractivity contribution in [1.82, 2.24) is 10.3 Å². The van der Waals surface area contributed by atoms with Crippen molar-refractivity contribution in [2.24, 2.45) is 28.2 Å². The number of hydrogen-bond acceptors (Lipinski definition) is 11. The van der Waals surface area contributed by atoms with Crippen LogP contribution in [0.25, 0.3) is 0 Å². The average molecular weight is 889 g/mol. The molecule has 0 saturated heterocycles. The van der Waals surface area contributed by atoms with Gasteiger partial charge >= 0.3 is 0 Å². The van der Waals surface area contributed by atoms with E-state index in [1.165, 1.54) is 0 Å². The van der Waals surface area contributed by atoms with Crippen molar-refractivity contribution in [1.29, 1.82) is 0 Å². The Kier molecular flexibility index (Phi) is 14.1. The number of ether oxygens (including phenoxy) is 1. The van der Waals surface area contributed by atoms with E-state index in [-0.39, 0.29) is 46.9 Å². The van der Waals surface area contributed by atoms with Gasteiger partial charge in [-0.2, -0.15) is 0 Å². The van der Waals surface area contributed by atoms with E-state index in [0.29, 0.717) is 66.2 Å². The molecule has 63 heavy (non-hydrogen) atoms. The van der Waals surface area contributed by atoms with Crippen LogP contribution in [-0.4, -0.2) is 63.9 Å². The van der Waals surface area contributed by atoms with Gasteiger partial charge in [-0.25, -0.2) is 0 Å². The first-order valence-corrected chi connectivity index (χ1v) is 24.9.